The van der Waals surface area contributed by atoms with Gasteiger partial charge in [-0.25, -0.2) is 4.39 Å². The summed E-state index contributed by atoms with van der Waals surface area (Å²) in [5, 5.41) is 10.7. The molecule has 0 spiro atoms. The topological polar surface area (TPSA) is 72.7 Å². The SMILES string of the molecule is CC1COCCN1C(=O)c1cc([N+](=O)[O-])ccc1F. The summed E-state index contributed by atoms with van der Waals surface area (Å²) >= 11 is 0. The van der Waals surface area contributed by atoms with Crippen molar-refractivity contribution >= 4 is 11.6 Å². The number of nitro groups is 1. The van der Waals surface area contributed by atoms with Gasteiger partial charge < -0.3 is 9.64 Å². The molecule has 0 radical (unpaired) electrons. The lowest BCUT2D eigenvalue weighted by atomic mass is 10.1. The fourth-order valence-corrected chi connectivity index (χ4v) is 1.97. The number of halogens is 1. The molecule has 0 N–H and O–H groups in total. The fraction of sp³-hybridized carbons (Fsp3) is 0.417. The van der Waals surface area contributed by atoms with Crippen LogP contribution in [0, 0.1) is 15.9 Å². The Hall–Kier alpha value is -2.02. The Balaban J connectivity index is 2.32. The van der Waals surface area contributed by atoms with E-state index in [1.807, 2.05) is 0 Å². The van der Waals surface area contributed by atoms with Crippen molar-refractivity contribution in [1.82, 2.24) is 4.90 Å². The van der Waals surface area contributed by atoms with Crippen LogP contribution in [0.3, 0.4) is 0 Å². The van der Waals surface area contributed by atoms with Gasteiger partial charge in [-0.3, -0.25) is 14.9 Å². The van der Waals surface area contributed by atoms with Crippen molar-refractivity contribution in [2.45, 2.75) is 13.0 Å². The standard InChI is InChI=1S/C12H13FN2O4/c1-8-7-19-5-4-14(8)12(16)10-6-9(15(17)18)2-3-11(10)13/h2-3,6,8H,4-5,7H2,1H3. The number of hydrogen-bond acceptors (Lipinski definition) is 4. The molecule has 1 aliphatic heterocycles. The Morgan fingerprint density at radius 3 is 2.95 bits per heavy atom. The maximum Gasteiger partial charge on any atom is 0.270 e. The number of nitro benzene ring substituents is 1. The summed E-state index contributed by atoms with van der Waals surface area (Å²) in [5.74, 6) is -1.30. The average molecular weight is 268 g/mol. The summed E-state index contributed by atoms with van der Waals surface area (Å²) in [7, 11) is 0. The van der Waals surface area contributed by atoms with E-state index in [1.54, 1.807) is 6.92 Å². The summed E-state index contributed by atoms with van der Waals surface area (Å²) in [6.45, 7) is 2.89. The van der Waals surface area contributed by atoms with Gasteiger partial charge in [0.1, 0.15) is 5.82 Å². The second-order valence-corrected chi connectivity index (χ2v) is 4.34. The van der Waals surface area contributed by atoms with Crippen LogP contribution in [0.4, 0.5) is 10.1 Å². The number of morpholine rings is 1. The minimum absolute atomic E-state index is 0.181. The van der Waals surface area contributed by atoms with Crippen molar-refractivity contribution < 1.29 is 18.8 Å². The summed E-state index contributed by atoms with van der Waals surface area (Å²) in [5.41, 5.74) is -0.575. The minimum atomic E-state index is -0.755. The number of carbonyl (C=O) groups excluding carboxylic acids is 1. The third-order valence-electron chi connectivity index (χ3n) is 3.02. The van der Waals surface area contributed by atoms with Gasteiger partial charge in [0.15, 0.2) is 0 Å². The van der Waals surface area contributed by atoms with E-state index in [9.17, 15) is 19.3 Å². The zero-order chi connectivity index (χ0) is 14.0. The van der Waals surface area contributed by atoms with E-state index in [4.69, 9.17) is 4.74 Å². The molecule has 6 nitrogen and oxygen atoms in total. The second kappa shape index (κ2) is 5.31. The minimum Gasteiger partial charge on any atom is -0.377 e. The molecule has 0 aromatic heterocycles. The Kier molecular flexibility index (Phi) is 3.75. The third-order valence-corrected chi connectivity index (χ3v) is 3.02. The van der Waals surface area contributed by atoms with E-state index in [0.29, 0.717) is 19.8 Å². The van der Waals surface area contributed by atoms with Crippen LogP contribution in [0.1, 0.15) is 17.3 Å². The average Bonchev–Trinajstić information content (AvgIpc) is 2.38. The molecule has 1 aromatic carbocycles. The maximum absolute atomic E-state index is 13.7. The molecule has 0 saturated carbocycles. The van der Waals surface area contributed by atoms with Gasteiger partial charge in [0.05, 0.1) is 29.7 Å². The number of ether oxygens (including phenoxy) is 1. The van der Waals surface area contributed by atoms with Crippen molar-refractivity contribution in [2.75, 3.05) is 19.8 Å². The van der Waals surface area contributed by atoms with Gasteiger partial charge >= 0.3 is 0 Å². The van der Waals surface area contributed by atoms with Crippen molar-refractivity contribution in [3.63, 3.8) is 0 Å². The Labute approximate surface area is 108 Å². The van der Waals surface area contributed by atoms with Crippen molar-refractivity contribution in [2.24, 2.45) is 0 Å². The van der Waals surface area contributed by atoms with Crippen LogP contribution in [-0.2, 0) is 4.74 Å². The molecule has 1 unspecified atom stereocenters. The highest BCUT2D eigenvalue weighted by Crippen LogP contribution is 2.20. The molecule has 1 aromatic rings. The predicted octanol–water partition coefficient (Wildman–Crippen LogP) is 1.59. The van der Waals surface area contributed by atoms with E-state index in [2.05, 4.69) is 0 Å². The van der Waals surface area contributed by atoms with Crippen LogP contribution in [0.2, 0.25) is 0 Å². The summed E-state index contributed by atoms with van der Waals surface area (Å²) < 4.78 is 18.9. The van der Waals surface area contributed by atoms with Crippen LogP contribution in [-0.4, -0.2) is 41.5 Å². The number of non-ortho nitro benzene ring substituents is 1. The normalized spacial score (nSPS) is 19.3. The number of amides is 1. The first kappa shape index (κ1) is 13.4. The van der Waals surface area contributed by atoms with Gasteiger partial charge in [-0.2, -0.15) is 0 Å². The lowest BCUT2D eigenvalue weighted by Gasteiger charge is -2.33. The highest BCUT2D eigenvalue weighted by Gasteiger charge is 2.27. The lowest BCUT2D eigenvalue weighted by Crippen LogP contribution is -2.47. The van der Waals surface area contributed by atoms with Crippen molar-refractivity contribution in [3.8, 4) is 0 Å². The van der Waals surface area contributed by atoms with Gasteiger partial charge in [-0.05, 0) is 13.0 Å². The Bertz CT molecular complexity index is 520. The lowest BCUT2D eigenvalue weighted by molar-refractivity contribution is -0.384. The van der Waals surface area contributed by atoms with Crippen LogP contribution >= 0.6 is 0 Å². The molecule has 1 heterocycles. The number of benzene rings is 1. The molecule has 0 bridgehead atoms. The molecule has 1 saturated heterocycles. The molecule has 19 heavy (non-hydrogen) atoms. The molecule has 1 amide bonds. The van der Waals surface area contributed by atoms with E-state index in [0.717, 1.165) is 18.2 Å². The van der Waals surface area contributed by atoms with Gasteiger partial charge in [0.25, 0.3) is 11.6 Å². The van der Waals surface area contributed by atoms with Crippen LogP contribution in [0.15, 0.2) is 18.2 Å². The number of rotatable bonds is 2. The summed E-state index contributed by atoms with van der Waals surface area (Å²) in [4.78, 5) is 23.7. The largest absolute Gasteiger partial charge is 0.377 e. The maximum atomic E-state index is 13.7. The third kappa shape index (κ3) is 2.70. The highest BCUT2D eigenvalue weighted by molar-refractivity contribution is 5.95. The molecular weight excluding hydrogens is 255 g/mol. The Morgan fingerprint density at radius 2 is 2.32 bits per heavy atom. The Morgan fingerprint density at radius 1 is 1.58 bits per heavy atom. The summed E-state index contributed by atoms with van der Waals surface area (Å²) in [6.07, 6.45) is 0. The molecule has 0 aliphatic carbocycles. The highest BCUT2D eigenvalue weighted by atomic mass is 19.1. The van der Waals surface area contributed by atoms with Gasteiger partial charge in [0, 0.05) is 18.7 Å². The number of hydrogen-bond donors (Lipinski definition) is 0. The zero-order valence-electron chi connectivity index (χ0n) is 10.3. The first-order valence-corrected chi connectivity index (χ1v) is 5.83. The smallest absolute Gasteiger partial charge is 0.270 e. The van der Waals surface area contributed by atoms with Crippen molar-refractivity contribution in [1.29, 1.82) is 0 Å². The van der Waals surface area contributed by atoms with Crippen LogP contribution in [0.5, 0.6) is 0 Å². The van der Waals surface area contributed by atoms with Gasteiger partial charge in [0.2, 0.25) is 0 Å². The van der Waals surface area contributed by atoms with E-state index in [-0.39, 0.29) is 17.3 Å². The monoisotopic (exact) mass is 268 g/mol. The molecule has 1 fully saturated rings. The molecular formula is C12H13FN2O4. The predicted molar refractivity (Wildman–Crippen MR) is 64.4 cm³/mol. The second-order valence-electron chi connectivity index (χ2n) is 4.34. The van der Waals surface area contributed by atoms with E-state index >= 15 is 0 Å². The molecule has 1 aliphatic rings. The first-order valence-electron chi connectivity index (χ1n) is 5.83. The van der Waals surface area contributed by atoms with E-state index < -0.39 is 16.6 Å². The van der Waals surface area contributed by atoms with Crippen LogP contribution in [0.25, 0.3) is 0 Å². The van der Waals surface area contributed by atoms with Crippen molar-refractivity contribution in [3.05, 3.63) is 39.7 Å². The first-order chi connectivity index (χ1) is 9.00. The molecule has 1 atom stereocenters. The molecule has 2 rings (SSSR count). The molecule has 7 heteroatoms. The zero-order valence-corrected chi connectivity index (χ0v) is 10.3. The number of nitrogens with zero attached hydrogens (tertiary/aromatic N) is 2. The van der Waals surface area contributed by atoms with Crippen LogP contribution < -0.4 is 0 Å². The molecule has 102 valence electrons. The van der Waals surface area contributed by atoms with Gasteiger partial charge in [-0.15, -0.1) is 0 Å². The quantitative estimate of drug-likeness (QED) is 0.603. The number of carbonyl (C=O) groups is 1. The van der Waals surface area contributed by atoms with Gasteiger partial charge in [-0.1, -0.05) is 0 Å². The summed E-state index contributed by atoms with van der Waals surface area (Å²) in [6, 6.07) is 2.77. The van der Waals surface area contributed by atoms with E-state index in [1.165, 1.54) is 4.90 Å². The fourth-order valence-electron chi connectivity index (χ4n) is 1.97.